The highest BCUT2D eigenvalue weighted by atomic mass is 31.2. The summed E-state index contributed by atoms with van der Waals surface area (Å²) >= 11 is 0. The summed E-state index contributed by atoms with van der Waals surface area (Å²) in [7, 11) is 1.56. The van der Waals surface area contributed by atoms with E-state index in [0.29, 0.717) is 17.4 Å². The number of nitrogens with one attached hydrogen (secondary N) is 1. The number of phosphoric ester groups is 1. The second-order valence-electron chi connectivity index (χ2n) is 16.0. The third kappa shape index (κ3) is 40.2. The van der Waals surface area contributed by atoms with Gasteiger partial charge in [0.15, 0.2) is 0 Å². The fourth-order valence-electron chi connectivity index (χ4n) is 5.97. The van der Waals surface area contributed by atoms with E-state index < -0.39 is 20.0 Å². The number of hydrogen-bond donors (Lipinski definition) is 3. The van der Waals surface area contributed by atoms with E-state index in [1.54, 1.807) is 6.08 Å². The number of hydrogen-bond acceptors (Lipinski definition) is 5. The van der Waals surface area contributed by atoms with Gasteiger partial charge < -0.3 is 19.8 Å². The molecule has 320 valence electrons. The van der Waals surface area contributed by atoms with Gasteiger partial charge in [-0.1, -0.05) is 171 Å². The Morgan fingerprint density at radius 3 is 1.60 bits per heavy atom. The van der Waals surface area contributed by atoms with Gasteiger partial charge in [-0.05, 0) is 57.8 Å². The minimum Gasteiger partial charge on any atom is -0.387 e. The fraction of sp³-hybridized carbons (Fsp3) is 0.761. The predicted molar refractivity (Wildman–Crippen MR) is 235 cm³/mol. The number of unbranched alkanes of at least 4 members (excludes halogenated alkanes) is 18. The topological polar surface area (TPSA) is 105 Å². The third-order valence-corrected chi connectivity index (χ3v) is 10.5. The molecule has 0 aromatic carbocycles. The molecule has 0 rings (SSSR count). The van der Waals surface area contributed by atoms with Crippen LogP contribution in [0.15, 0.2) is 60.8 Å². The van der Waals surface area contributed by atoms with Crippen LogP contribution in [0.5, 0.6) is 0 Å². The molecule has 0 fully saturated rings. The van der Waals surface area contributed by atoms with Crippen LogP contribution in [0.1, 0.15) is 174 Å². The van der Waals surface area contributed by atoms with Gasteiger partial charge in [0, 0.05) is 6.42 Å². The molecule has 0 saturated carbocycles. The molecule has 55 heavy (non-hydrogen) atoms. The molecule has 3 atom stereocenters. The summed E-state index contributed by atoms with van der Waals surface area (Å²) in [6.45, 7) is 4.64. The maximum absolute atomic E-state index is 12.8. The summed E-state index contributed by atoms with van der Waals surface area (Å²) in [6, 6.07) is -0.846. The Bertz CT molecular complexity index is 1080. The molecule has 8 nitrogen and oxygen atoms in total. The first-order valence-corrected chi connectivity index (χ1v) is 23.7. The van der Waals surface area contributed by atoms with Crippen LogP contribution in [-0.4, -0.2) is 73.4 Å². The predicted octanol–water partition coefficient (Wildman–Crippen LogP) is 12.2. The smallest absolute Gasteiger partial charge is 0.387 e. The number of aliphatic hydroxyl groups is 1. The lowest BCUT2D eigenvalue weighted by molar-refractivity contribution is -0.870. The Morgan fingerprint density at radius 1 is 0.636 bits per heavy atom. The Kier molecular flexibility index (Phi) is 36.5. The molecule has 0 heterocycles. The van der Waals surface area contributed by atoms with Crippen LogP contribution in [-0.2, 0) is 18.4 Å². The highest BCUT2D eigenvalue weighted by molar-refractivity contribution is 7.47. The zero-order valence-corrected chi connectivity index (χ0v) is 37.0. The van der Waals surface area contributed by atoms with Gasteiger partial charge in [-0.2, -0.15) is 0 Å². The summed E-state index contributed by atoms with van der Waals surface area (Å²) in [5, 5.41) is 13.7. The first-order valence-electron chi connectivity index (χ1n) is 22.2. The monoisotopic (exact) mass is 794 g/mol. The summed E-state index contributed by atoms with van der Waals surface area (Å²) in [5.74, 6) is -0.186. The standard InChI is InChI=1S/C46H85N2O6P/c1-6-8-10-12-14-16-17-18-19-20-21-22-23-24-25-26-27-28-29-30-31-32-34-36-38-40-46(50)47-44(43-54-55(51,52)53-42-41-48(3,4)5)45(49)39-37-35-33-15-13-11-9-7-2/h8,10,14,16,18-19,21-22,37,39,44-45,49H,6-7,9,11-13,15,17,20,23-36,38,40-43H2,1-5H3,(H-,47,50,51,52)/p+1/b10-8-,16-14-,19-18-,22-21-,39-37+. The van der Waals surface area contributed by atoms with Crippen molar-refractivity contribution in [1.29, 1.82) is 0 Å². The number of amides is 1. The second kappa shape index (κ2) is 37.8. The number of allylic oxidation sites excluding steroid dienone is 9. The van der Waals surface area contributed by atoms with Crippen LogP contribution in [0.25, 0.3) is 0 Å². The van der Waals surface area contributed by atoms with E-state index in [1.165, 1.54) is 89.9 Å². The van der Waals surface area contributed by atoms with Gasteiger partial charge in [0.05, 0.1) is 39.9 Å². The molecule has 0 aliphatic rings. The Morgan fingerprint density at radius 2 is 1.09 bits per heavy atom. The zero-order valence-electron chi connectivity index (χ0n) is 36.1. The number of rotatable bonds is 39. The number of aliphatic hydroxyl groups excluding tert-OH is 1. The molecule has 0 radical (unpaired) electrons. The number of nitrogens with zero attached hydrogens (tertiary/aromatic N) is 1. The number of phosphoric acid groups is 1. The number of carbonyl (C=O) groups excluding carboxylic acids is 1. The van der Waals surface area contributed by atoms with Crippen LogP contribution in [0.4, 0.5) is 0 Å². The average Bonchev–Trinajstić information content (AvgIpc) is 3.13. The Labute approximate surface area is 339 Å². The van der Waals surface area contributed by atoms with Crippen LogP contribution in [0.3, 0.4) is 0 Å². The average molecular weight is 794 g/mol. The molecule has 3 unspecified atom stereocenters. The summed E-state index contributed by atoms with van der Waals surface area (Å²) in [4.78, 5) is 23.0. The van der Waals surface area contributed by atoms with Crippen molar-refractivity contribution in [2.45, 2.75) is 187 Å². The van der Waals surface area contributed by atoms with Crippen molar-refractivity contribution in [3.05, 3.63) is 60.8 Å². The van der Waals surface area contributed by atoms with Crippen LogP contribution in [0.2, 0.25) is 0 Å². The number of likely N-dealkylation sites (N-methyl/N-ethyl adjacent to an activating group) is 1. The maximum atomic E-state index is 12.8. The Hall–Kier alpha value is -1.80. The second-order valence-corrected chi connectivity index (χ2v) is 17.5. The van der Waals surface area contributed by atoms with E-state index in [0.717, 1.165) is 64.2 Å². The zero-order chi connectivity index (χ0) is 40.7. The largest absolute Gasteiger partial charge is 0.472 e. The van der Waals surface area contributed by atoms with Crippen LogP contribution in [0, 0.1) is 0 Å². The van der Waals surface area contributed by atoms with Crippen molar-refractivity contribution in [3.63, 3.8) is 0 Å². The molecule has 0 aliphatic carbocycles. The van der Waals surface area contributed by atoms with E-state index in [-0.39, 0.29) is 19.1 Å². The summed E-state index contributed by atoms with van der Waals surface area (Å²) < 4.78 is 23.4. The quantitative estimate of drug-likeness (QED) is 0.0248. The SMILES string of the molecule is CC/C=C\C/C=C\C/C=C\C/C=C\CCCCCCCCCCCCCCC(=O)NC(COP(=O)(O)OCC[N+](C)(C)C)C(O)/C=C/CCCCCCCC. The lowest BCUT2D eigenvalue weighted by atomic mass is 10.0. The normalized spacial score (nSPS) is 15.0. The van der Waals surface area contributed by atoms with Crippen LogP contribution < -0.4 is 5.32 Å². The van der Waals surface area contributed by atoms with E-state index >= 15 is 0 Å². The number of quaternary nitrogens is 1. The van der Waals surface area contributed by atoms with Crippen molar-refractivity contribution < 1.29 is 32.9 Å². The third-order valence-electron chi connectivity index (χ3n) is 9.49. The summed E-state index contributed by atoms with van der Waals surface area (Å²) in [5.41, 5.74) is 0. The van der Waals surface area contributed by atoms with Crippen molar-refractivity contribution in [2.75, 3.05) is 40.9 Å². The molecule has 3 N–H and O–H groups in total. The van der Waals surface area contributed by atoms with E-state index in [1.807, 2.05) is 27.2 Å². The van der Waals surface area contributed by atoms with Crippen molar-refractivity contribution >= 4 is 13.7 Å². The highest BCUT2D eigenvalue weighted by Crippen LogP contribution is 2.43. The van der Waals surface area contributed by atoms with Gasteiger partial charge in [0.1, 0.15) is 13.2 Å². The van der Waals surface area contributed by atoms with Crippen molar-refractivity contribution in [3.8, 4) is 0 Å². The lowest BCUT2D eigenvalue weighted by Gasteiger charge is -2.25. The molecule has 0 spiro atoms. The fourth-order valence-corrected chi connectivity index (χ4v) is 6.71. The van der Waals surface area contributed by atoms with Gasteiger partial charge in [-0.3, -0.25) is 13.8 Å². The van der Waals surface area contributed by atoms with Gasteiger partial charge >= 0.3 is 7.82 Å². The Balaban J connectivity index is 4.17. The molecule has 0 saturated heterocycles. The lowest BCUT2D eigenvalue weighted by Crippen LogP contribution is -2.45. The van der Waals surface area contributed by atoms with Gasteiger partial charge in [-0.25, -0.2) is 4.57 Å². The van der Waals surface area contributed by atoms with Gasteiger partial charge in [-0.15, -0.1) is 0 Å². The first-order chi connectivity index (χ1) is 26.5. The van der Waals surface area contributed by atoms with E-state index in [9.17, 15) is 19.4 Å². The van der Waals surface area contributed by atoms with Crippen molar-refractivity contribution in [1.82, 2.24) is 5.32 Å². The minimum absolute atomic E-state index is 0.0588. The van der Waals surface area contributed by atoms with Crippen molar-refractivity contribution in [2.24, 2.45) is 0 Å². The number of carbonyl (C=O) groups is 1. The minimum atomic E-state index is -4.33. The molecule has 0 aromatic heterocycles. The van der Waals surface area contributed by atoms with Gasteiger partial charge in [0.25, 0.3) is 0 Å². The first kappa shape index (κ1) is 53.2. The molecule has 0 aliphatic heterocycles. The molecule has 1 amide bonds. The van der Waals surface area contributed by atoms with Gasteiger partial charge in [0.2, 0.25) is 5.91 Å². The molecular formula is C46H86N2O6P+. The highest BCUT2D eigenvalue weighted by Gasteiger charge is 2.27. The molecule has 0 aromatic rings. The van der Waals surface area contributed by atoms with E-state index in [4.69, 9.17) is 9.05 Å². The van der Waals surface area contributed by atoms with E-state index in [2.05, 4.69) is 67.8 Å². The maximum Gasteiger partial charge on any atom is 0.472 e. The summed E-state index contributed by atoms with van der Waals surface area (Å²) in [6.07, 6.45) is 48.8. The molecule has 9 heteroatoms. The van der Waals surface area contributed by atoms with Crippen LogP contribution >= 0.6 is 7.82 Å². The molecule has 0 bridgehead atoms. The molecular weight excluding hydrogens is 707 g/mol.